The van der Waals surface area contributed by atoms with Gasteiger partial charge in [0, 0.05) is 11.8 Å². The average Bonchev–Trinajstić information content (AvgIpc) is 2.21. The topological polar surface area (TPSA) is 50.7 Å². The Labute approximate surface area is 89.0 Å². The highest BCUT2D eigenvalue weighted by atomic mass is 16.5. The summed E-state index contributed by atoms with van der Waals surface area (Å²) in [5.74, 6) is -0.485. The van der Waals surface area contributed by atoms with Crippen LogP contribution in [0, 0.1) is 0 Å². The van der Waals surface area contributed by atoms with Crippen LogP contribution in [0.2, 0.25) is 0 Å². The lowest BCUT2D eigenvalue weighted by atomic mass is 10.2. The van der Waals surface area contributed by atoms with E-state index in [1.807, 2.05) is 20.8 Å². The minimum absolute atomic E-state index is 0.485. The summed E-state index contributed by atoms with van der Waals surface area (Å²) in [6.45, 7) is 8.98. The molecule has 0 aromatic heterocycles. The van der Waals surface area contributed by atoms with Crippen molar-refractivity contribution in [2.45, 2.75) is 20.8 Å². The van der Waals surface area contributed by atoms with E-state index in [2.05, 4.69) is 16.9 Å². The summed E-state index contributed by atoms with van der Waals surface area (Å²) < 4.78 is 4.80. The summed E-state index contributed by atoms with van der Waals surface area (Å²) in [5.41, 5.74) is 3.35. The maximum atomic E-state index is 10.8. The van der Waals surface area contributed by atoms with Gasteiger partial charge in [0.05, 0.1) is 17.1 Å². The van der Waals surface area contributed by atoms with Crippen LogP contribution in [0.15, 0.2) is 41.0 Å². The molecule has 0 spiro atoms. The van der Waals surface area contributed by atoms with Crippen LogP contribution in [0.4, 0.5) is 0 Å². The second-order valence-corrected chi connectivity index (χ2v) is 3.21. The van der Waals surface area contributed by atoms with Crippen molar-refractivity contribution in [1.82, 2.24) is 5.32 Å². The normalized spacial score (nSPS) is 18.3. The van der Waals surface area contributed by atoms with E-state index in [4.69, 9.17) is 4.74 Å². The van der Waals surface area contributed by atoms with Crippen molar-refractivity contribution < 1.29 is 9.53 Å². The van der Waals surface area contributed by atoms with Gasteiger partial charge in [0.25, 0.3) is 0 Å². The zero-order valence-electron chi connectivity index (χ0n) is 9.13. The summed E-state index contributed by atoms with van der Waals surface area (Å²) >= 11 is 0. The SMILES string of the molecule is C=CC(=O)OC=C1NC(C)=C(C)N=C1C. The van der Waals surface area contributed by atoms with E-state index in [-0.39, 0.29) is 0 Å². The van der Waals surface area contributed by atoms with Gasteiger partial charge in [-0.3, -0.25) is 4.99 Å². The third-order valence-electron chi connectivity index (χ3n) is 2.05. The zero-order chi connectivity index (χ0) is 11.4. The first kappa shape index (κ1) is 11.2. The van der Waals surface area contributed by atoms with Crippen LogP contribution in [-0.2, 0) is 9.53 Å². The molecule has 15 heavy (non-hydrogen) atoms. The Morgan fingerprint density at radius 3 is 2.73 bits per heavy atom. The minimum atomic E-state index is -0.485. The number of esters is 1. The Morgan fingerprint density at radius 2 is 2.13 bits per heavy atom. The molecule has 4 nitrogen and oxygen atoms in total. The van der Waals surface area contributed by atoms with Crippen LogP contribution < -0.4 is 5.32 Å². The number of carbonyl (C=O) groups is 1. The van der Waals surface area contributed by atoms with Gasteiger partial charge >= 0.3 is 5.97 Å². The molecule has 0 bridgehead atoms. The number of aliphatic imine (C=N–C) groups is 1. The van der Waals surface area contributed by atoms with E-state index >= 15 is 0 Å². The van der Waals surface area contributed by atoms with Crippen molar-refractivity contribution in [3.63, 3.8) is 0 Å². The summed E-state index contributed by atoms with van der Waals surface area (Å²) in [6, 6.07) is 0. The first-order valence-electron chi connectivity index (χ1n) is 4.58. The van der Waals surface area contributed by atoms with Gasteiger partial charge in [-0.1, -0.05) is 6.58 Å². The fraction of sp³-hybridized carbons (Fsp3) is 0.273. The molecule has 1 aliphatic heterocycles. The fourth-order valence-corrected chi connectivity index (χ4v) is 1.06. The Kier molecular flexibility index (Phi) is 3.44. The quantitative estimate of drug-likeness (QED) is 0.426. The van der Waals surface area contributed by atoms with Crippen molar-refractivity contribution in [3.05, 3.63) is 36.0 Å². The monoisotopic (exact) mass is 206 g/mol. The Balaban J connectivity index is 2.79. The predicted molar refractivity (Wildman–Crippen MR) is 59.0 cm³/mol. The summed E-state index contributed by atoms with van der Waals surface area (Å²) in [7, 11) is 0. The van der Waals surface area contributed by atoms with Crippen LogP contribution in [-0.4, -0.2) is 11.7 Å². The number of nitrogens with zero attached hydrogens (tertiary/aromatic N) is 1. The molecule has 0 saturated heterocycles. The number of ether oxygens (including phenoxy) is 1. The Hall–Kier alpha value is -1.84. The standard InChI is InChI=1S/C11H14N2O2/c1-5-11(14)15-6-10-9(4)12-7(2)8(3)13-10/h5-6,13H,1H2,2-4H3. The van der Waals surface area contributed by atoms with Crippen molar-refractivity contribution in [2.75, 3.05) is 0 Å². The number of allylic oxidation sites excluding steroid dienone is 3. The van der Waals surface area contributed by atoms with Crippen LogP contribution in [0.25, 0.3) is 0 Å². The van der Waals surface area contributed by atoms with Gasteiger partial charge < -0.3 is 10.1 Å². The van der Waals surface area contributed by atoms with E-state index in [0.29, 0.717) is 5.70 Å². The minimum Gasteiger partial charge on any atom is -0.429 e. The molecule has 0 amide bonds. The molecule has 0 aromatic carbocycles. The highest BCUT2D eigenvalue weighted by Crippen LogP contribution is 2.13. The molecule has 1 rings (SSSR count). The third-order valence-corrected chi connectivity index (χ3v) is 2.05. The van der Waals surface area contributed by atoms with E-state index in [0.717, 1.165) is 23.2 Å². The first-order chi connectivity index (χ1) is 7.04. The van der Waals surface area contributed by atoms with Crippen LogP contribution in [0.1, 0.15) is 20.8 Å². The van der Waals surface area contributed by atoms with E-state index < -0.39 is 5.97 Å². The second-order valence-electron chi connectivity index (χ2n) is 3.21. The molecule has 1 N–H and O–H groups in total. The Morgan fingerprint density at radius 1 is 1.47 bits per heavy atom. The zero-order valence-corrected chi connectivity index (χ0v) is 9.13. The number of rotatable bonds is 2. The smallest absolute Gasteiger partial charge is 0.335 e. The molecule has 1 aliphatic rings. The van der Waals surface area contributed by atoms with E-state index in [9.17, 15) is 4.79 Å². The number of carbonyl (C=O) groups excluding carboxylic acids is 1. The summed E-state index contributed by atoms with van der Waals surface area (Å²) in [6.07, 6.45) is 2.46. The van der Waals surface area contributed by atoms with E-state index in [1.165, 1.54) is 6.26 Å². The van der Waals surface area contributed by atoms with Gasteiger partial charge in [-0.05, 0) is 20.8 Å². The molecular formula is C11H14N2O2. The largest absolute Gasteiger partial charge is 0.429 e. The Bertz CT molecular complexity index is 389. The van der Waals surface area contributed by atoms with Gasteiger partial charge in [-0.15, -0.1) is 0 Å². The molecule has 0 unspecified atom stereocenters. The van der Waals surface area contributed by atoms with Crippen molar-refractivity contribution in [2.24, 2.45) is 4.99 Å². The van der Waals surface area contributed by atoms with Gasteiger partial charge in [-0.25, -0.2) is 4.79 Å². The number of hydrogen-bond donors (Lipinski definition) is 1. The van der Waals surface area contributed by atoms with Gasteiger partial charge in [0.2, 0.25) is 0 Å². The van der Waals surface area contributed by atoms with Crippen LogP contribution in [0.5, 0.6) is 0 Å². The van der Waals surface area contributed by atoms with Crippen molar-refractivity contribution >= 4 is 11.7 Å². The molecule has 80 valence electrons. The molecular weight excluding hydrogens is 192 g/mol. The number of nitrogens with one attached hydrogen (secondary N) is 1. The first-order valence-corrected chi connectivity index (χ1v) is 4.58. The van der Waals surface area contributed by atoms with Gasteiger partial charge in [0.15, 0.2) is 0 Å². The highest BCUT2D eigenvalue weighted by Gasteiger charge is 2.11. The molecule has 0 aliphatic carbocycles. The molecule has 0 radical (unpaired) electrons. The molecule has 1 heterocycles. The summed E-state index contributed by atoms with van der Waals surface area (Å²) in [5, 5.41) is 3.09. The fourth-order valence-electron chi connectivity index (χ4n) is 1.06. The van der Waals surface area contributed by atoms with Gasteiger partial charge in [-0.2, -0.15) is 0 Å². The van der Waals surface area contributed by atoms with E-state index in [1.54, 1.807) is 0 Å². The molecule has 4 heteroatoms. The van der Waals surface area contributed by atoms with Gasteiger partial charge in [0.1, 0.15) is 6.26 Å². The molecule has 0 atom stereocenters. The van der Waals surface area contributed by atoms with Crippen molar-refractivity contribution in [3.8, 4) is 0 Å². The lowest BCUT2D eigenvalue weighted by molar-refractivity contribution is -0.132. The lowest BCUT2D eigenvalue weighted by Gasteiger charge is -2.17. The maximum absolute atomic E-state index is 10.8. The van der Waals surface area contributed by atoms with Crippen molar-refractivity contribution in [1.29, 1.82) is 0 Å². The highest BCUT2D eigenvalue weighted by molar-refractivity contribution is 5.99. The molecule has 0 fully saturated rings. The van der Waals surface area contributed by atoms with Crippen LogP contribution in [0.3, 0.4) is 0 Å². The second kappa shape index (κ2) is 4.59. The molecule has 0 saturated carbocycles. The maximum Gasteiger partial charge on any atom is 0.335 e. The number of hydrogen-bond acceptors (Lipinski definition) is 4. The predicted octanol–water partition coefficient (Wildman–Crippen LogP) is 1.87. The average molecular weight is 206 g/mol. The molecule has 0 aromatic rings. The lowest BCUT2D eigenvalue weighted by Crippen LogP contribution is -2.22. The van der Waals surface area contributed by atoms with Crippen LogP contribution >= 0.6 is 0 Å². The summed E-state index contributed by atoms with van der Waals surface area (Å²) in [4.78, 5) is 15.1. The third kappa shape index (κ3) is 2.80.